The van der Waals surface area contributed by atoms with Gasteiger partial charge in [-0.05, 0) is 18.2 Å². The first-order valence-corrected chi connectivity index (χ1v) is 11.4. The number of aromatic nitrogens is 4. The van der Waals surface area contributed by atoms with Crippen molar-refractivity contribution < 1.29 is 4.79 Å². The molecule has 0 atom stereocenters. The summed E-state index contributed by atoms with van der Waals surface area (Å²) in [4.78, 5) is 16.8. The summed E-state index contributed by atoms with van der Waals surface area (Å²) in [5.41, 5.74) is 1.45. The van der Waals surface area contributed by atoms with Gasteiger partial charge in [-0.25, -0.2) is 4.98 Å². The van der Waals surface area contributed by atoms with Crippen LogP contribution in [0.4, 0.5) is 5.13 Å². The van der Waals surface area contributed by atoms with Gasteiger partial charge in [-0.3, -0.25) is 4.79 Å². The average molecular weight is 468 g/mol. The number of allylic oxidation sites excluding steroid dienone is 1. The van der Waals surface area contributed by atoms with Crippen molar-refractivity contribution >= 4 is 57.3 Å². The van der Waals surface area contributed by atoms with E-state index in [0.29, 0.717) is 32.6 Å². The normalized spacial score (nSPS) is 11.1. The average Bonchev–Trinajstić information content (AvgIpc) is 3.27. The maximum absolute atomic E-state index is 12.4. The Labute approximate surface area is 187 Å². The minimum Gasteiger partial charge on any atom is -0.302 e. The van der Waals surface area contributed by atoms with Gasteiger partial charge in [0.25, 0.3) is 0 Å². The van der Waals surface area contributed by atoms with Crippen LogP contribution in [0.1, 0.15) is 25.6 Å². The molecule has 6 nitrogen and oxygen atoms in total. The van der Waals surface area contributed by atoms with Crippen LogP contribution >= 0.6 is 46.3 Å². The van der Waals surface area contributed by atoms with Gasteiger partial charge in [0.15, 0.2) is 10.3 Å². The number of halogens is 2. The highest BCUT2D eigenvalue weighted by Crippen LogP contribution is 2.32. The fraction of sp³-hybridized carbons (Fsp3) is 0.263. The summed E-state index contributed by atoms with van der Waals surface area (Å²) in [7, 11) is 0. The molecule has 1 aromatic carbocycles. The largest absolute Gasteiger partial charge is 0.302 e. The minimum atomic E-state index is -0.169. The van der Waals surface area contributed by atoms with Crippen LogP contribution in [-0.2, 0) is 11.3 Å². The van der Waals surface area contributed by atoms with Gasteiger partial charge in [0.1, 0.15) is 5.82 Å². The van der Waals surface area contributed by atoms with E-state index in [9.17, 15) is 4.79 Å². The predicted molar refractivity (Wildman–Crippen MR) is 121 cm³/mol. The number of nitrogens with zero attached hydrogens (tertiary/aromatic N) is 4. The molecule has 3 rings (SSSR count). The quantitative estimate of drug-likeness (QED) is 0.337. The molecule has 0 unspecified atom stereocenters. The maximum Gasteiger partial charge on any atom is 0.236 e. The van der Waals surface area contributed by atoms with Gasteiger partial charge in [0, 0.05) is 28.4 Å². The fourth-order valence-electron chi connectivity index (χ4n) is 2.57. The van der Waals surface area contributed by atoms with Crippen LogP contribution in [-0.4, -0.2) is 31.4 Å². The molecule has 0 spiro atoms. The summed E-state index contributed by atoms with van der Waals surface area (Å²) in [6, 6.07) is 5.22. The van der Waals surface area contributed by atoms with Gasteiger partial charge in [-0.15, -0.1) is 28.1 Å². The lowest BCUT2D eigenvalue weighted by Crippen LogP contribution is -2.14. The van der Waals surface area contributed by atoms with E-state index >= 15 is 0 Å². The molecular weight excluding hydrogens is 449 g/mol. The first-order valence-electron chi connectivity index (χ1n) is 8.76. The van der Waals surface area contributed by atoms with Crippen molar-refractivity contribution in [1.82, 2.24) is 19.7 Å². The first kappa shape index (κ1) is 21.8. The van der Waals surface area contributed by atoms with E-state index in [0.717, 1.165) is 11.4 Å². The third kappa shape index (κ3) is 5.39. The first-order chi connectivity index (χ1) is 13.9. The number of rotatable bonds is 8. The molecule has 1 N–H and O–H groups in total. The smallest absolute Gasteiger partial charge is 0.236 e. The number of thioether (sulfide) groups is 1. The van der Waals surface area contributed by atoms with Crippen molar-refractivity contribution in [3.8, 4) is 11.3 Å². The summed E-state index contributed by atoms with van der Waals surface area (Å²) in [6.45, 7) is 8.48. The highest BCUT2D eigenvalue weighted by atomic mass is 35.5. The zero-order valence-corrected chi connectivity index (χ0v) is 19.0. The standard InChI is InChI=1S/C19H19Cl2N5OS2/c1-4-7-26-17(11(2)3)24-25-19(26)29-10-16(27)23-18-22-15(9-28-18)13-6-5-12(20)8-14(13)21/h4-6,8-9,11H,1,7,10H2,2-3H3,(H,22,23,27). The Kier molecular flexibility index (Phi) is 7.34. The molecule has 0 aliphatic carbocycles. The molecule has 0 saturated carbocycles. The van der Waals surface area contributed by atoms with Crippen molar-refractivity contribution in [2.24, 2.45) is 0 Å². The van der Waals surface area contributed by atoms with Crippen LogP contribution in [0.2, 0.25) is 10.0 Å². The van der Waals surface area contributed by atoms with Crippen LogP contribution in [0.5, 0.6) is 0 Å². The van der Waals surface area contributed by atoms with Gasteiger partial charge in [0.2, 0.25) is 5.91 Å². The number of benzene rings is 1. The lowest BCUT2D eigenvalue weighted by atomic mass is 10.2. The Morgan fingerprint density at radius 1 is 1.38 bits per heavy atom. The zero-order chi connectivity index (χ0) is 21.0. The summed E-state index contributed by atoms with van der Waals surface area (Å²) in [6.07, 6.45) is 1.79. The SMILES string of the molecule is C=CCn1c(SCC(=O)Nc2nc(-c3ccc(Cl)cc3Cl)cs2)nnc1C(C)C. The number of amides is 1. The van der Waals surface area contributed by atoms with E-state index in [2.05, 4.69) is 40.9 Å². The topological polar surface area (TPSA) is 72.7 Å². The van der Waals surface area contributed by atoms with Gasteiger partial charge in [0.05, 0.1) is 16.5 Å². The highest BCUT2D eigenvalue weighted by molar-refractivity contribution is 7.99. The molecule has 3 aromatic rings. The van der Waals surface area contributed by atoms with Gasteiger partial charge in [-0.1, -0.05) is 54.9 Å². The van der Waals surface area contributed by atoms with Gasteiger partial charge >= 0.3 is 0 Å². The molecular formula is C19H19Cl2N5OS2. The van der Waals surface area contributed by atoms with E-state index in [1.165, 1.54) is 23.1 Å². The molecule has 0 radical (unpaired) electrons. The number of thiazole rings is 1. The number of carbonyl (C=O) groups is 1. The summed E-state index contributed by atoms with van der Waals surface area (Å²) in [5.74, 6) is 1.14. The lowest BCUT2D eigenvalue weighted by Gasteiger charge is -2.09. The molecule has 10 heteroatoms. The molecule has 0 aliphatic heterocycles. The van der Waals surface area contributed by atoms with E-state index in [-0.39, 0.29) is 17.6 Å². The predicted octanol–water partition coefficient (Wildman–Crippen LogP) is 5.75. The number of nitrogens with one attached hydrogen (secondary N) is 1. The monoisotopic (exact) mass is 467 g/mol. The van der Waals surface area contributed by atoms with Crippen LogP contribution in [0.3, 0.4) is 0 Å². The summed E-state index contributed by atoms with van der Waals surface area (Å²) in [5, 5.41) is 15.4. The Morgan fingerprint density at radius 2 is 2.17 bits per heavy atom. The minimum absolute atomic E-state index is 0.169. The number of anilines is 1. The van der Waals surface area contributed by atoms with Crippen molar-refractivity contribution in [1.29, 1.82) is 0 Å². The molecule has 152 valence electrons. The molecule has 0 saturated heterocycles. The zero-order valence-electron chi connectivity index (χ0n) is 15.9. The third-order valence-corrected chi connectivity index (χ3v) is 6.14. The van der Waals surface area contributed by atoms with Crippen LogP contribution in [0.25, 0.3) is 11.3 Å². The number of hydrogen-bond donors (Lipinski definition) is 1. The van der Waals surface area contributed by atoms with Gasteiger partial charge in [-0.2, -0.15) is 0 Å². The Hall–Kier alpha value is -1.87. The summed E-state index contributed by atoms with van der Waals surface area (Å²) < 4.78 is 1.97. The molecule has 29 heavy (non-hydrogen) atoms. The molecule has 0 aliphatic rings. The van der Waals surface area contributed by atoms with E-state index < -0.39 is 0 Å². The fourth-order valence-corrected chi connectivity index (χ4v) is 4.56. The second kappa shape index (κ2) is 9.75. The molecule has 0 bridgehead atoms. The van der Waals surface area contributed by atoms with Crippen molar-refractivity contribution in [2.45, 2.75) is 31.5 Å². The molecule has 1 amide bonds. The molecule has 0 fully saturated rings. The number of carbonyl (C=O) groups excluding carboxylic acids is 1. The Morgan fingerprint density at radius 3 is 2.86 bits per heavy atom. The second-order valence-electron chi connectivity index (χ2n) is 6.39. The van der Waals surface area contributed by atoms with Crippen LogP contribution in [0.15, 0.2) is 41.4 Å². The lowest BCUT2D eigenvalue weighted by molar-refractivity contribution is -0.113. The van der Waals surface area contributed by atoms with E-state index in [1.807, 2.05) is 9.95 Å². The third-order valence-electron chi connectivity index (χ3n) is 3.86. The van der Waals surface area contributed by atoms with Crippen LogP contribution in [0, 0.1) is 0 Å². The molecule has 2 aromatic heterocycles. The molecule has 2 heterocycles. The van der Waals surface area contributed by atoms with E-state index in [4.69, 9.17) is 23.2 Å². The maximum atomic E-state index is 12.4. The van der Waals surface area contributed by atoms with Crippen LogP contribution < -0.4 is 5.32 Å². The Balaban J connectivity index is 1.64. The van der Waals surface area contributed by atoms with Crippen molar-refractivity contribution in [3.05, 3.63) is 52.1 Å². The van der Waals surface area contributed by atoms with Gasteiger partial charge < -0.3 is 9.88 Å². The Bertz CT molecular complexity index is 1030. The van der Waals surface area contributed by atoms with Crippen molar-refractivity contribution in [3.63, 3.8) is 0 Å². The van der Waals surface area contributed by atoms with E-state index in [1.54, 1.807) is 24.3 Å². The summed E-state index contributed by atoms with van der Waals surface area (Å²) >= 11 is 14.8. The highest BCUT2D eigenvalue weighted by Gasteiger charge is 2.16. The number of hydrogen-bond acceptors (Lipinski definition) is 6. The van der Waals surface area contributed by atoms with Crippen molar-refractivity contribution in [2.75, 3.05) is 11.1 Å². The second-order valence-corrected chi connectivity index (χ2v) is 9.04.